The second-order valence-corrected chi connectivity index (χ2v) is 3.54. The fraction of sp³-hybridized carbons (Fsp3) is 0.833. The molecule has 1 N–H and O–H groups in total. The van der Waals surface area contributed by atoms with Gasteiger partial charge < -0.3 is 9.84 Å². The first-order valence-corrected chi connectivity index (χ1v) is 5.96. The van der Waals surface area contributed by atoms with E-state index < -0.39 is 5.97 Å². The van der Waals surface area contributed by atoms with Gasteiger partial charge in [-0.05, 0) is 33.9 Å². The van der Waals surface area contributed by atoms with Crippen molar-refractivity contribution in [2.75, 3.05) is 19.7 Å². The summed E-state index contributed by atoms with van der Waals surface area (Å²) in [5.41, 5.74) is 0. The number of aliphatic hydroxyl groups excluding tert-OH is 1. The summed E-state index contributed by atoms with van der Waals surface area (Å²) in [6.07, 6.45) is -0.390. The zero-order valence-corrected chi connectivity index (χ0v) is 11.5. The molecule has 0 bridgehead atoms. The van der Waals surface area contributed by atoms with Gasteiger partial charge in [-0.1, -0.05) is 13.8 Å². The van der Waals surface area contributed by atoms with Crippen LogP contribution in [0.25, 0.3) is 0 Å². The Morgan fingerprint density at radius 2 is 1.71 bits per heavy atom. The Balaban J connectivity index is 0. The number of ketones is 1. The number of rotatable bonds is 6. The van der Waals surface area contributed by atoms with E-state index in [0.29, 0.717) is 6.61 Å². The zero-order valence-electron chi connectivity index (χ0n) is 11.5. The Hall–Kier alpha value is -0.940. The van der Waals surface area contributed by atoms with Crippen LogP contribution in [0, 0.1) is 0 Å². The molecular weight excluding hydrogens is 222 g/mol. The Labute approximate surface area is 104 Å². The predicted molar refractivity (Wildman–Crippen MR) is 66.5 cm³/mol. The lowest BCUT2D eigenvalue weighted by Gasteiger charge is -2.20. The summed E-state index contributed by atoms with van der Waals surface area (Å²) in [7, 11) is 0. The molecule has 0 aliphatic carbocycles. The van der Waals surface area contributed by atoms with E-state index in [1.807, 2.05) is 18.7 Å². The summed E-state index contributed by atoms with van der Waals surface area (Å²) in [5.74, 6) is -0.599. The van der Waals surface area contributed by atoms with Crippen molar-refractivity contribution in [2.45, 2.75) is 47.3 Å². The highest BCUT2D eigenvalue weighted by atomic mass is 16.5. The van der Waals surface area contributed by atoms with Crippen molar-refractivity contribution < 1.29 is 19.4 Å². The summed E-state index contributed by atoms with van der Waals surface area (Å²) in [5, 5.41) is 8.94. The number of esters is 1. The van der Waals surface area contributed by atoms with Crippen LogP contribution in [0.1, 0.15) is 41.0 Å². The van der Waals surface area contributed by atoms with Crippen molar-refractivity contribution in [2.24, 2.45) is 0 Å². The third-order valence-corrected chi connectivity index (χ3v) is 2.04. The van der Waals surface area contributed by atoms with Crippen molar-refractivity contribution >= 4 is 11.8 Å². The SMILES string of the molecule is CCN(CC)C(C)O.CCOC(=O)CC(C)=O. The van der Waals surface area contributed by atoms with E-state index in [0.717, 1.165) is 13.1 Å². The van der Waals surface area contributed by atoms with E-state index in [4.69, 9.17) is 5.11 Å². The molecule has 0 heterocycles. The Bertz CT molecular complexity index is 213. The summed E-state index contributed by atoms with van der Waals surface area (Å²) >= 11 is 0. The van der Waals surface area contributed by atoms with Crippen LogP contribution in [0.15, 0.2) is 0 Å². The maximum Gasteiger partial charge on any atom is 0.313 e. The van der Waals surface area contributed by atoms with Gasteiger partial charge in [-0.25, -0.2) is 0 Å². The molecule has 0 rings (SSSR count). The van der Waals surface area contributed by atoms with Gasteiger partial charge >= 0.3 is 5.97 Å². The number of hydrogen-bond acceptors (Lipinski definition) is 5. The second kappa shape index (κ2) is 11.5. The minimum atomic E-state index is -0.440. The van der Waals surface area contributed by atoms with Gasteiger partial charge in [0.15, 0.2) is 0 Å². The lowest BCUT2D eigenvalue weighted by Crippen LogP contribution is -2.32. The summed E-state index contributed by atoms with van der Waals surface area (Å²) in [6.45, 7) is 11.1. The summed E-state index contributed by atoms with van der Waals surface area (Å²) in [6, 6.07) is 0. The number of nitrogens with zero attached hydrogens (tertiary/aromatic N) is 1. The molecule has 0 fully saturated rings. The summed E-state index contributed by atoms with van der Waals surface area (Å²) < 4.78 is 4.49. The van der Waals surface area contributed by atoms with Crippen LogP contribution < -0.4 is 0 Å². The van der Waals surface area contributed by atoms with E-state index in [-0.39, 0.29) is 18.4 Å². The number of aliphatic hydroxyl groups is 1. The fourth-order valence-corrected chi connectivity index (χ4v) is 1.17. The van der Waals surface area contributed by atoms with Gasteiger partial charge in [0, 0.05) is 0 Å². The first-order chi connectivity index (χ1) is 7.88. The molecule has 0 aromatic carbocycles. The molecule has 1 unspecified atom stereocenters. The molecule has 17 heavy (non-hydrogen) atoms. The highest BCUT2D eigenvalue weighted by Crippen LogP contribution is 1.91. The van der Waals surface area contributed by atoms with Crippen LogP contribution in [-0.2, 0) is 14.3 Å². The van der Waals surface area contributed by atoms with Gasteiger partial charge in [0.1, 0.15) is 18.4 Å². The average Bonchev–Trinajstić information content (AvgIpc) is 2.18. The predicted octanol–water partition coefficient (Wildman–Crippen LogP) is 1.20. The number of carbonyl (C=O) groups excluding carboxylic acids is 2. The van der Waals surface area contributed by atoms with Crippen molar-refractivity contribution in [1.82, 2.24) is 4.90 Å². The van der Waals surface area contributed by atoms with Gasteiger partial charge in [-0.2, -0.15) is 0 Å². The minimum Gasteiger partial charge on any atom is -0.466 e. The molecule has 0 aromatic heterocycles. The lowest BCUT2D eigenvalue weighted by atomic mass is 10.3. The number of carbonyl (C=O) groups is 2. The molecule has 0 aliphatic heterocycles. The van der Waals surface area contributed by atoms with Crippen LogP contribution >= 0.6 is 0 Å². The van der Waals surface area contributed by atoms with E-state index in [1.165, 1.54) is 6.92 Å². The quantitative estimate of drug-likeness (QED) is 0.434. The Kier molecular flexibility index (Phi) is 12.5. The molecular formula is C12H25NO4. The number of ether oxygens (including phenoxy) is 1. The van der Waals surface area contributed by atoms with Gasteiger partial charge in [-0.3, -0.25) is 14.5 Å². The minimum absolute atomic E-state index is 0.103. The van der Waals surface area contributed by atoms with Crippen LogP contribution in [0.3, 0.4) is 0 Å². The van der Waals surface area contributed by atoms with E-state index in [1.54, 1.807) is 13.8 Å². The Morgan fingerprint density at radius 3 is 1.88 bits per heavy atom. The van der Waals surface area contributed by atoms with Crippen molar-refractivity contribution in [3.63, 3.8) is 0 Å². The number of Topliss-reactive ketones (excluding diaryl/α,β-unsaturated/α-hetero) is 1. The molecule has 1 atom stereocenters. The Morgan fingerprint density at radius 1 is 1.24 bits per heavy atom. The van der Waals surface area contributed by atoms with Crippen molar-refractivity contribution in [3.8, 4) is 0 Å². The van der Waals surface area contributed by atoms with E-state index in [9.17, 15) is 9.59 Å². The molecule has 5 heteroatoms. The molecule has 0 aliphatic rings. The standard InChI is InChI=1S/C6H15NO.C6H10O3/c1-4-7(5-2)6(3)8;1-3-9-6(8)4-5(2)7/h6,8H,4-5H2,1-3H3;3-4H2,1-2H3. The van der Waals surface area contributed by atoms with Crippen LogP contribution in [0.5, 0.6) is 0 Å². The zero-order chi connectivity index (χ0) is 13.8. The molecule has 0 saturated heterocycles. The molecule has 0 spiro atoms. The normalized spacial score (nSPS) is 11.5. The van der Waals surface area contributed by atoms with E-state index >= 15 is 0 Å². The average molecular weight is 247 g/mol. The van der Waals surface area contributed by atoms with Crippen LogP contribution in [0.2, 0.25) is 0 Å². The summed E-state index contributed by atoms with van der Waals surface area (Å²) in [4.78, 5) is 22.6. The van der Waals surface area contributed by atoms with Gasteiger partial charge in [0.05, 0.1) is 6.61 Å². The largest absolute Gasteiger partial charge is 0.466 e. The van der Waals surface area contributed by atoms with Gasteiger partial charge in [-0.15, -0.1) is 0 Å². The highest BCUT2D eigenvalue weighted by molar-refractivity contribution is 5.94. The van der Waals surface area contributed by atoms with Gasteiger partial charge in [0.25, 0.3) is 0 Å². The van der Waals surface area contributed by atoms with Crippen LogP contribution in [-0.4, -0.2) is 47.7 Å². The van der Waals surface area contributed by atoms with Crippen LogP contribution in [0.4, 0.5) is 0 Å². The third-order valence-electron chi connectivity index (χ3n) is 2.04. The molecule has 0 radical (unpaired) electrons. The highest BCUT2D eigenvalue weighted by Gasteiger charge is 2.03. The third kappa shape index (κ3) is 13.0. The molecule has 5 nitrogen and oxygen atoms in total. The molecule has 0 amide bonds. The molecule has 102 valence electrons. The smallest absolute Gasteiger partial charge is 0.313 e. The fourth-order valence-electron chi connectivity index (χ4n) is 1.17. The lowest BCUT2D eigenvalue weighted by molar-refractivity contribution is -0.145. The van der Waals surface area contributed by atoms with Gasteiger partial charge in [0.2, 0.25) is 0 Å². The molecule has 0 aromatic rings. The van der Waals surface area contributed by atoms with Crippen molar-refractivity contribution in [1.29, 1.82) is 0 Å². The maximum absolute atomic E-state index is 10.4. The first-order valence-electron chi connectivity index (χ1n) is 5.96. The maximum atomic E-state index is 10.4. The molecule has 0 saturated carbocycles. The van der Waals surface area contributed by atoms with Crippen molar-refractivity contribution in [3.05, 3.63) is 0 Å². The topological polar surface area (TPSA) is 66.8 Å². The second-order valence-electron chi connectivity index (χ2n) is 3.54. The first kappa shape index (κ1) is 18.4. The van der Waals surface area contributed by atoms with E-state index in [2.05, 4.69) is 4.74 Å². The number of hydrogen-bond donors (Lipinski definition) is 1. The monoisotopic (exact) mass is 247 g/mol.